The average molecular weight is 477 g/mol. The van der Waals surface area contributed by atoms with Crippen LogP contribution in [-0.4, -0.2) is 31.1 Å². The number of hydrogen-bond donors (Lipinski definition) is 2. The number of imidazole rings is 1. The van der Waals surface area contributed by atoms with Crippen LogP contribution in [0.25, 0.3) is 12.2 Å². The predicted octanol–water partition coefficient (Wildman–Crippen LogP) is 2.11. The molecule has 0 saturated carbocycles. The van der Waals surface area contributed by atoms with Crippen LogP contribution >= 0.6 is 0 Å². The Hall–Kier alpha value is -3.94. The van der Waals surface area contributed by atoms with Crippen LogP contribution in [0.3, 0.4) is 0 Å². The molecule has 0 spiro atoms. The number of hydrogen-bond acceptors (Lipinski definition) is 5. The lowest BCUT2D eigenvalue weighted by Crippen LogP contribution is -2.53. The standard InChI is InChI=1S/C27H32N4O4/c1-17(25(34)35-27(5,6)7)15-31-21(14-19-22(26(2,3)4)29-16-28-19)23(32)30-20(24(31)33)13-18-11-9-8-10-12-18/h8-14,16H,1,15H2,2-7H3,(H,28,29)(H,30,32)/b20-13-,21-14-. The summed E-state index contributed by atoms with van der Waals surface area (Å²) in [5.74, 6) is -0.639. The Kier molecular flexibility index (Phi) is 7.14. The van der Waals surface area contributed by atoms with Crippen LogP contribution in [0, 0.1) is 0 Å². The number of H-pyrrole nitrogens is 2. The lowest BCUT2D eigenvalue weighted by molar-refractivity contribution is -0.150. The van der Waals surface area contributed by atoms with Crippen molar-refractivity contribution in [1.29, 1.82) is 0 Å². The van der Waals surface area contributed by atoms with Gasteiger partial charge in [-0.2, -0.15) is 0 Å². The number of carbonyl (C=O) groups is 1. The van der Waals surface area contributed by atoms with Gasteiger partial charge in [-0.25, -0.2) is 9.78 Å². The molecule has 0 saturated heterocycles. The zero-order valence-electron chi connectivity index (χ0n) is 21.1. The fourth-order valence-corrected chi connectivity index (χ4v) is 3.48. The summed E-state index contributed by atoms with van der Waals surface area (Å²) in [5, 5.41) is 0.149. The fourth-order valence-electron chi connectivity index (χ4n) is 3.48. The van der Waals surface area contributed by atoms with E-state index in [1.807, 2.05) is 51.1 Å². The topological polar surface area (TPSA) is 110 Å². The normalized spacial score (nSPS) is 13.2. The van der Waals surface area contributed by atoms with Gasteiger partial charge < -0.3 is 14.7 Å². The number of aromatic nitrogens is 4. The summed E-state index contributed by atoms with van der Waals surface area (Å²) in [4.78, 5) is 49.5. The summed E-state index contributed by atoms with van der Waals surface area (Å²) in [6.45, 7) is 14.9. The number of esters is 1. The van der Waals surface area contributed by atoms with E-state index in [1.54, 1.807) is 39.3 Å². The molecule has 0 radical (unpaired) electrons. The highest BCUT2D eigenvalue weighted by Crippen LogP contribution is 2.22. The Labute approximate surface area is 203 Å². The van der Waals surface area contributed by atoms with Crippen molar-refractivity contribution >= 4 is 18.1 Å². The molecule has 3 aromatic rings. The van der Waals surface area contributed by atoms with Gasteiger partial charge in [0.05, 0.1) is 18.6 Å². The molecule has 8 heteroatoms. The molecule has 0 aliphatic rings. The van der Waals surface area contributed by atoms with Crippen molar-refractivity contribution in [3.8, 4) is 0 Å². The van der Waals surface area contributed by atoms with Crippen molar-refractivity contribution in [2.75, 3.05) is 0 Å². The minimum absolute atomic E-state index is 0.0472. The minimum atomic E-state index is -0.725. The smallest absolute Gasteiger partial charge is 0.335 e. The molecule has 0 aliphatic carbocycles. The fraction of sp³-hybridized carbons (Fsp3) is 0.333. The van der Waals surface area contributed by atoms with Gasteiger partial charge >= 0.3 is 5.97 Å². The van der Waals surface area contributed by atoms with E-state index in [0.717, 1.165) is 11.3 Å². The van der Waals surface area contributed by atoms with Gasteiger partial charge in [0.15, 0.2) is 0 Å². The van der Waals surface area contributed by atoms with Crippen LogP contribution in [-0.2, 0) is 21.5 Å². The number of nitrogens with one attached hydrogen (secondary N) is 2. The first-order valence-corrected chi connectivity index (χ1v) is 11.3. The first-order chi connectivity index (χ1) is 16.3. The molecule has 0 atom stereocenters. The molecule has 184 valence electrons. The number of nitrogens with zero attached hydrogens (tertiary/aromatic N) is 2. The first kappa shape index (κ1) is 25.7. The van der Waals surface area contributed by atoms with E-state index >= 15 is 0 Å². The molecular weight excluding hydrogens is 444 g/mol. The summed E-state index contributed by atoms with van der Waals surface area (Å²) < 4.78 is 6.64. The molecule has 0 bridgehead atoms. The molecule has 3 rings (SSSR count). The molecular formula is C27H32N4O4. The maximum atomic E-state index is 13.5. The molecule has 0 aliphatic heterocycles. The molecule has 0 unspecified atom stereocenters. The average Bonchev–Trinajstić information content (AvgIpc) is 3.22. The van der Waals surface area contributed by atoms with Gasteiger partial charge in [-0.15, -0.1) is 0 Å². The zero-order chi connectivity index (χ0) is 26.0. The molecule has 35 heavy (non-hydrogen) atoms. The third-order valence-electron chi connectivity index (χ3n) is 5.09. The molecule has 0 amide bonds. The minimum Gasteiger partial charge on any atom is -0.457 e. The van der Waals surface area contributed by atoms with Crippen molar-refractivity contribution in [2.45, 2.75) is 59.1 Å². The Morgan fingerprint density at radius 2 is 1.74 bits per heavy atom. The lowest BCUT2D eigenvalue weighted by atomic mass is 9.90. The van der Waals surface area contributed by atoms with Crippen LogP contribution in [0.15, 0.2) is 58.4 Å². The number of benzene rings is 1. The van der Waals surface area contributed by atoms with E-state index in [2.05, 4.69) is 21.5 Å². The van der Waals surface area contributed by atoms with Crippen molar-refractivity contribution in [2.24, 2.45) is 0 Å². The molecule has 2 heterocycles. The van der Waals surface area contributed by atoms with Crippen LogP contribution in [0.5, 0.6) is 0 Å². The zero-order valence-corrected chi connectivity index (χ0v) is 21.1. The monoisotopic (exact) mass is 476 g/mol. The van der Waals surface area contributed by atoms with Gasteiger partial charge in [-0.1, -0.05) is 57.7 Å². The molecule has 2 N–H and O–H groups in total. The number of ether oxygens (including phenoxy) is 1. The second-order valence-corrected chi connectivity index (χ2v) is 10.4. The number of carbonyl (C=O) groups excluding carboxylic acids is 1. The van der Waals surface area contributed by atoms with E-state index < -0.39 is 22.7 Å². The highest BCUT2D eigenvalue weighted by molar-refractivity contribution is 5.87. The summed E-state index contributed by atoms with van der Waals surface area (Å²) in [5.41, 5.74) is 0.158. The van der Waals surface area contributed by atoms with Gasteiger partial charge in [0.25, 0.3) is 11.1 Å². The summed E-state index contributed by atoms with van der Waals surface area (Å²) >= 11 is 0. The Morgan fingerprint density at radius 3 is 2.34 bits per heavy atom. The molecule has 1 aromatic carbocycles. The lowest BCUT2D eigenvalue weighted by Gasteiger charge is -2.20. The van der Waals surface area contributed by atoms with Crippen molar-refractivity contribution in [3.05, 3.63) is 97.2 Å². The highest BCUT2D eigenvalue weighted by Gasteiger charge is 2.22. The van der Waals surface area contributed by atoms with Crippen LogP contribution in [0.1, 0.15) is 58.5 Å². The summed E-state index contributed by atoms with van der Waals surface area (Å²) in [6, 6.07) is 9.17. The maximum Gasteiger partial charge on any atom is 0.335 e. The largest absolute Gasteiger partial charge is 0.457 e. The van der Waals surface area contributed by atoms with Gasteiger partial charge in [-0.3, -0.25) is 14.2 Å². The van der Waals surface area contributed by atoms with E-state index in [0.29, 0.717) is 5.69 Å². The molecule has 2 aromatic heterocycles. The molecule has 0 fully saturated rings. The van der Waals surface area contributed by atoms with Crippen molar-refractivity contribution in [3.63, 3.8) is 0 Å². The van der Waals surface area contributed by atoms with Crippen molar-refractivity contribution < 1.29 is 9.53 Å². The quantitative estimate of drug-likeness (QED) is 0.433. The summed E-state index contributed by atoms with van der Waals surface area (Å²) in [6.07, 6.45) is 4.68. The highest BCUT2D eigenvalue weighted by atomic mass is 16.6. The van der Waals surface area contributed by atoms with Crippen molar-refractivity contribution in [1.82, 2.24) is 19.5 Å². The molecule has 8 nitrogen and oxygen atoms in total. The van der Waals surface area contributed by atoms with Gasteiger partial charge in [0, 0.05) is 16.7 Å². The van der Waals surface area contributed by atoms with Gasteiger partial charge in [-0.05, 0) is 38.5 Å². The maximum absolute atomic E-state index is 13.5. The number of aromatic amines is 2. The third-order valence-corrected chi connectivity index (χ3v) is 5.09. The summed E-state index contributed by atoms with van der Waals surface area (Å²) in [7, 11) is 0. The number of rotatable bonds is 5. The Bertz CT molecular complexity index is 1480. The Balaban J connectivity index is 2.25. The van der Waals surface area contributed by atoms with Gasteiger partial charge in [0.1, 0.15) is 16.3 Å². The van der Waals surface area contributed by atoms with Crippen LogP contribution < -0.4 is 21.8 Å². The van der Waals surface area contributed by atoms with Crippen LogP contribution in [0.4, 0.5) is 0 Å². The van der Waals surface area contributed by atoms with E-state index in [4.69, 9.17) is 4.74 Å². The van der Waals surface area contributed by atoms with E-state index in [1.165, 1.54) is 4.57 Å². The van der Waals surface area contributed by atoms with E-state index in [9.17, 15) is 14.4 Å². The first-order valence-electron chi connectivity index (χ1n) is 11.3. The SMILES string of the molecule is C=C(Cn1c(=O)/c(=C/c2ccccc2)[nH]c(=O)/c1=C/c1nc[nH]c1C(C)(C)C)C(=O)OC(C)(C)C. The Morgan fingerprint density at radius 1 is 1.09 bits per heavy atom. The predicted molar refractivity (Wildman–Crippen MR) is 136 cm³/mol. The second kappa shape index (κ2) is 9.74. The van der Waals surface area contributed by atoms with Gasteiger partial charge in [0.2, 0.25) is 0 Å². The second-order valence-electron chi connectivity index (χ2n) is 10.4. The third kappa shape index (κ3) is 6.35. The van der Waals surface area contributed by atoms with Crippen LogP contribution in [0.2, 0.25) is 0 Å². The van der Waals surface area contributed by atoms with E-state index in [-0.39, 0.29) is 28.2 Å².